The van der Waals surface area contributed by atoms with Crippen LogP contribution >= 0.6 is 7.05 Å². The Kier molecular flexibility index (Phi) is 7.13. The monoisotopic (exact) mass is 443 g/mol. The van der Waals surface area contributed by atoms with Crippen LogP contribution in [0.1, 0.15) is 6.92 Å². The van der Waals surface area contributed by atoms with Crippen molar-refractivity contribution >= 4 is 28.9 Å². The number of ether oxygens (including phenoxy) is 1. The summed E-state index contributed by atoms with van der Waals surface area (Å²) < 4.78 is 51.2. The molecule has 0 fully saturated rings. The van der Waals surface area contributed by atoms with E-state index in [1.54, 1.807) is 91.0 Å². The van der Waals surface area contributed by atoms with Crippen LogP contribution in [-0.2, 0) is 9.53 Å². The molecule has 0 saturated heterocycles. The van der Waals surface area contributed by atoms with Crippen LogP contribution in [0, 0.1) is 0 Å². The van der Waals surface area contributed by atoms with E-state index < -0.39 is 24.9 Å². The van der Waals surface area contributed by atoms with Crippen molar-refractivity contribution in [2.45, 2.75) is 13.1 Å². The average Bonchev–Trinajstić information content (AvgIpc) is 2.78. The van der Waals surface area contributed by atoms with Gasteiger partial charge in [-0.05, 0) is 6.92 Å². The smallest absolute Gasteiger partial charge is 0.433 e. The number of allylic oxidation sites excluding steroid dienone is 1. The standard InChI is InChI=1S/C24H21F3NO2P/c1-2-30-23(29)18-22(24(25,26)27)28-31(19-12-6-3-7-13-19,20-14-8-4-9-15-20)21-16-10-5-11-17-21/h3-18H,2H2,1H3/b22-18+. The lowest BCUT2D eigenvalue weighted by molar-refractivity contribution is -0.138. The molecule has 0 aliphatic heterocycles. The molecule has 0 bridgehead atoms. The molecule has 0 aliphatic rings. The number of hydrogen-bond donors (Lipinski definition) is 0. The molecule has 3 rings (SSSR count). The fraction of sp³-hybridized carbons (Fsp3) is 0.125. The van der Waals surface area contributed by atoms with E-state index >= 15 is 0 Å². The van der Waals surface area contributed by atoms with Crippen molar-refractivity contribution in [3.8, 4) is 0 Å². The predicted octanol–water partition coefficient (Wildman–Crippen LogP) is 5.17. The van der Waals surface area contributed by atoms with Crippen molar-refractivity contribution < 1.29 is 22.7 Å². The fourth-order valence-corrected chi connectivity index (χ4v) is 6.72. The Morgan fingerprint density at radius 2 is 1.23 bits per heavy atom. The van der Waals surface area contributed by atoms with Crippen molar-refractivity contribution in [3.63, 3.8) is 0 Å². The third kappa shape index (κ3) is 5.15. The first-order valence-electron chi connectivity index (χ1n) is 9.62. The van der Waals surface area contributed by atoms with Gasteiger partial charge in [-0.3, -0.25) is 0 Å². The van der Waals surface area contributed by atoms with Gasteiger partial charge >= 0.3 is 12.1 Å². The molecule has 31 heavy (non-hydrogen) atoms. The molecule has 0 radical (unpaired) electrons. The maximum Gasteiger partial charge on any atom is 0.433 e. The molecule has 0 atom stereocenters. The lowest BCUT2D eigenvalue weighted by atomic mass is 10.4. The number of esters is 1. The van der Waals surface area contributed by atoms with Gasteiger partial charge in [-0.1, -0.05) is 91.0 Å². The van der Waals surface area contributed by atoms with Gasteiger partial charge in [-0.2, -0.15) is 13.2 Å². The first kappa shape index (κ1) is 22.6. The topological polar surface area (TPSA) is 38.7 Å². The lowest BCUT2D eigenvalue weighted by Gasteiger charge is -2.27. The highest BCUT2D eigenvalue weighted by Crippen LogP contribution is 2.49. The molecular weight excluding hydrogens is 422 g/mol. The highest BCUT2D eigenvalue weighted by atomic mass is 31.2. The number of alkyl halides is 3. The highest BCUT2D eigenvalue weighted by Gasteiger charge is 2.38. The lowest BCUT2D eigenvalue weighted by Crippen LogP contribution is -2.26. The number of carbonyl (C=O) groups is 1. The van der Waals surface area contributed by atoms with Crippen molar-refractivity contribution in [2.24, 2.45) is 4.74 Å². The Morgan fingerprint density at radius 1 is 0.839 bits per heavy atom. The first-order valence-corrected chi connectivity index (χ1v) is 11.4. The Labute approximate surface area is 179 Å². The molecule has 0 aliphatic carbocycles. The number of rotatable bonds is 6. The molecule has 7 heteroatoms. The van der Waals surface area contributed by atoms with Gasteiger partial charge in [0.05, 0.1) is 19.7 Å². The molecule has 0 spiro atoms. The average molecular weight is 443 g/mol. The molecule has 0 N–H and O–H groups in total. The summed E-state index contributed by atoms with van der Waals surface area (Å²) in [4.78, 5) is 11.9. The summed E-state index contributed by atoms with van der Waals surface area (Å²) in [6, 6.07) is 26.7. The molecule has 3 aromatic carbocycles. The molecule has 0 aromatic heterocycles. The van der Waals surface area contributed by atoms with Gasteiger partial charge in [0.25, 0.3) is 0 Å². The molecule has 0 amide bonds. The summed E-state index contributed by atoms with van der Waals surface area (Å²) in [5.41, 5.74) is -1.27. The number of nitrogens with zero attached hydrogens (tertiary/aromatic N) is 1. The highest BCUT2D eigenvalue weighted by molar-refractivity contribution is 7.87. The predicted molar refractivity (Wildman–Crippen MR) is 118 cm³/mol. The normalized spacial score (nSPS) is 12.3. The zero-order valence-corrected chi connectivity index (χ0v) is 17.7. The summed E-state index contributed by atoms with van der Waals surface area (Å²) in [5, 5.41) is 1.93. The van der Waals surface area contributed by atoms with Gasteiger partial charge in [-0.15, -0.1) is 0 Å². The van der Waals surface area contributed by atoms with Crippen LogP contribution in [0.15, 0.2) is 108 Å². The zero-order valence-electron chi connectivity index (χ0n) is 16.8. The summed E-state index contributed by atoms with van der Waals surface area (Å²) in [7, 11) is -3.15. The molecule has 3 aromatic rings. The fourth-order valence-electron chi connectivity index (χ4n) is 3.18. The minimum Gasteiger partial charge on any atom is -0.463 e. The second kappa shape index (κ2) is 9.80. The van der Waals surface area contributed by atoms with Gasteiger partial charge in [0, 0.05) is 15.9 Å². The minimum absolute atomic E-state index is 0.0309. The number of carbonyl (C=O) groups excluding carboxylic acids is 1. The van der Waals surface area contributed by atoms with Gasteiger partial charge < -0.3 is 4.74 Å². The van der Waals surface area contributed by atoms with E-state index in [1.807, 2.05) is 0 Å². The molecular formula is C24H21F3NO2P. The zero-order chi connectivity index (χ0) is 22.3. The van der Waals surface area contributed by atoms with Crippen LogP contribution in [0.4, 0.5) is 13.2 Å². The van der Waals surface area contributed by atoms with E-state index in [1.165, 1.54) is 6.92 Å². The quantitative estimate of drug-likeness (QED) is 0.299. The number of benzene rings is 3. The minimum atomic E-state index is -4.84. The maximum atomic E-state index is 14.0. The van der Waals surface area contributed by atoms with E-state index in [4.69, 9.17) is 4.74 Å². The molecule has 3 nitrogen and oxygen atoms in total. The number of halogens is 3. The van der Waals surface area contributed by atoms with Crippen molar-refractivity contribution in [1.82, 2.24) is 0 Å². The Hall–Kier alpha value is -3.11. The first-order chi connectivity index (χ1) is 14.9. The van der Waals surface area contributed by atoms with Gasteiger partial charge in [0.15, 0.2) is 5.70 Å². The molecule has 0 saturated carbocycles. The summed E-state index contributed by atoms with van der Waals surface area (Å²) in [6.45, 7) is 1.50. The summed E-state index contributed by atoms with van der Waals surface area (Å²) in [6.07, 6.45) is -4.40. The van der Waals surface area contributed by atoms with Crippen LogP contribution in [0.25, 0.3) is 0 Å². The molecule has 160 valence electrons. The number of hydrogen-bond acceptors (Lipinski definition) is 3. The largest absolute Gasteiger partial charge is 0.463 e. The Balaban J connectivity index is 2.46. The van der Waals surface area contributed by atoms with Crippen LogP contribution < -0.4 is 15.9 Å². The third-order valence-corrected chi connectivity index (χ3v) is 8.13. The van der Waals surface area contributed by atoms with Gasteiger partial charge in [0.2, 0.25) is 0 Å². The van der Waals surface area contributed by atoms with E-state index in [0.29, 0.717) is 22.0 Å². The van der Waals surface area contributed by atoms with E-state index in [2.05, 4.69) is 4.74 Å². The van der Waals surface area contributed by atoms with Gasteiger partial charge in [-0.25, -0.2) is 9.54 Å². The van der Waals surface area contributed by atoms with Crippen LogP contribution in [0.2, 0.25) is 0 Å². The van der Waals surface area contributed by atoms with Crippen LogP contribution in [0.5, 0.6) is 0 Å². The van der Waals surface area contributed by atoms with E-state index in [9.17, 15) is 18.0 Å². The van der Waals surface area contributed by atoms with E-state index in [-0.39, 0.29) is 6.61 Å². The molecule has 0 unspecified atom stereocenters. The molecule has 0 heterocycles. The van der Waals surface area contributed by atoms with Crippen LogP contribution in [0.3, 0.4) is 0 Å². The van der Waals surface area contributed by atoms with E-state index in [0.717, 1.165) is 0 Å². The third-order valence-electron chi connectivity index (χ3n) is 4.48. The maximum absolute atomic E-state index is 14.0. The van der Waals surface area contributed by atoms with Crippen molar-refractivity contribution in [2.75, 3.05) is 6.61 Å². The summed E-state index contributed by atoms with van der Waals surface area (Å²) in [5.74, 6) is -1.08. The van der Waals surface area contributed by atoms with Gasteiger partial charge in [0.1, 0.15) is 0 Å². The SMILES string of the molecule is CCOC(=O)/C=C(/N=P(c1ccccc1)(c1ccccc1)c1ccccc1)C(F)(F)F. The summed E-state index contributed by atoms with van der Waals surface area (Å²) >= 11 is 0. The second-order valence-electron chi connectivity index (χ2n) is 6.52. The Morgan fingerprint density at radius 3 is 1.55 bits per heavy atom. The van der Waals surface area contributed by atoms with Crippen molar-refractivity contribution in [3.05, 3.63) is 103 Å². The second-order valence-corrected chi connectivity index (χ2v) is 9.54. The van der Waals surface area contributed by atoms with Crippen molar-refractivity contribution in [1.29, 1.82) is 0 Å². The van der Waals surface area contributed by atoms with Crippen LogP contribution in [-0.4, -0.2) is 18.8 Å². The Bertz CT molecular complexity index is 993.